The summed E-state index contributed by atoms with van der Waals surface area (Å²) in [5.41, 5.74) is 1.78. The van der Waals surface area contributed by atoms with Crippen molar-refractivity contribution in [2.45, 2.75) is 19.5 Å². The molecule has 0 spiro atoms. The van der Waals surface area contributed by atoms with Gasteiger partial charge >= 0.3 is 0 Å². The summed E-state index contributed by atoms with van der Waals surface area (Å²) in [5, 5.41) is 5.20. The summed E-state index contributed by atoms with van der Waals surface area (Å²) in [6.45, 7) is 2.41. The molecular weight excluding hydrogens is 321 g/mol. The molecule has 2 rings (SSSR count). The lowest BCUT2D eigenvalue weighted by molar-refractivity contribution is -0.907. The van der Waals surface area contributed by atoms with Crippen molar-refractivity contribution in [3.8, 4) is 0 Å². The van der Waals surface area contributed by atoms with Crippen LogP contribution >= 0.6 is 0 Å². The van der Waals surface area contributed by atoms with Gasteiger partial charge in [-0.2, -0.15) is 0 Å². The number of nitrogens with one attached hydrogen (secondary N) is 3. The van der Waals surface area contributed by atoms with E-state index in [0.29, 0.717) is 12.1 Å². The zero-order valence-corrected chi connectivity index (χ0v) is 14.6. The Labute approximate surface area is 146 Å². The van der Waals surface area contributed by atoms with E-state index in [4.69, 9.17) is 0 Å². The fraction of sp³-hybridized carbons (Fsp3) is 0.263. The normalized spacial score (nSPS) is 13.0. The van der Waals surface area contributed by atoms with Crippen LogP contribution in [0.5, 0.6) is 0 Å². The highest BCUT2D eigenvalue weighted by Crippen LogP contribution is 2.12. The summed E-state index contributed by atoms with van der Waals surface area (Å²) in [7, 11) is 3.49. The molecule has 1 unspecified atom stereocenters. The van der Waals surface area contributed by atoms with Crippen LogP contribution in [0.25, 0.3) is 0 Å². The molecule has 2 aromatic rings. The van der Waals surface area contributed by atoms with Crippen LogP contribution in [0.3, 0.4) is 0 Å². The summed E-state index contributed by atoms with van der Waals surface area (Å²) in [6, 6.07) is 13.0. The minimum atomic E-state index is -0.453. The van der Waals surface area contributed by atoms with Crippen LogP contribution in [0, 0.1) is 5.82 Å². The molecule has 25 heavy (non-hydrogen) atoms. The quantitative estimate of drug-likeness (QED) is 0.738. The predicted octanol–water partition coefficient (Wildman–Crippen LogP) is 1.23. The monoisotopic (exact) mass is 344 g/mol. The summed E-state index contributed by atoms with van der Waals surface area (Å²) in [5.74, 6) is -0.833. The Balaban J connectivity index is 1.97. The van der Waals surface area contributed by atoms with Crippen molar-refractivity contribution in [2.75, 3.05) is 19.4 Å². The molecule has 0 aromatic heterocycles. The maximum absolute atomic E-state index is 13.6. The number of carbonyl (C=O) groups is 2. The van der Waals surface area contributed by atoms with Crippen LogP contribution in [0.15, 0.2) is 48.5 Å². The molecule has 0 fully saturated rings. The van der Waals surface area contributed by atoms with Crippen LogP contribution in [0.4, 0.5) is 10.1 Å². The lowest BCUT2D eigenvalue weighted by Crippen LogP contribution is -3.12. The van der Waals surface area contributed by atoms with Gasteiger partial charge in [-0.1, -0.05) is 24.3 Å². The van der Waals surface area contributed by atoms with Crippen molar-refractivity contribution in [1.29, 1.82) is 0 Å². The first-order valence-electron chi connectivity index (χ1n) is 8.11. The van der Waals surface area contributed by atoms with E-state index in [2.05, 4.69) is 10.6 Å². The topological polar surface area (TPSA) is 62.6 Å². The maximum Gasteiger partial charge on any atom is 0.282 e. The minimum absolute atomic E-state index is 0.134. The van der Waals surface area contributed by atoms with Crippen molar-refractivity contribution in [3.63, 3.8) is 0 Å². The predicted molar refractivity (Wildman–Crippen MR) is 94.9 cm³/mol. The fourth-order valence-corrected chi connectivity index (χ4v) is 2.42. The second kappa shape index (κ2) is 8.39. The number of para-hydroxylation sites is 1. The number of rotatable bonds is 6. The SMILES string of the molecule is CNC(=O)c1ccc(C[NH+](C)[C@H](C)C(=O)Nc2ccccc2F)cc1. The highest BCUT2D eigenvalue weighted by Gasteiger charge is 2.22. The highest BCUT2D eigenvalue weighted by atomic mass is 19.1. The molecule has 6 heteroatoms. The van der Waals surface area contributed by atoms with E-state index in [0.717, 1.165) is 10.5 Å². The van der Waals surface area contributed by atoms with E-state index >= 15 is 0 Å². The Morgan fingerprint density at radius 2 is 1.76 bits per heavy atom. The Kier molecular flexibility index (Phi) is 6.25. The average molecular weight is 344 g/mol. The molecule has 3 N–H and O–H groups in total. The first-order valence-corrected chi connectivity index (χ1v) is 8.11. The van der Waals surface area contributed by atoms with Gasteiger partial charge in [0.15, 0.2) is 6.04 Å². The third-order valence-corrected chi connectivity index (χ3v) is 4.19. The van der Waals surface area contributed by atoms with Gasteiger partial charge in [-0.05, 0) is 31.2 Å². The number of hydrogen-bond donors (Lipinski definition) is 3. The molecule has 5 nitrogen and oxygen atoms in total. The molecule has 0 aliphatic heterocycles. The minimum Gasteiger partial charge on any atom is -0.355 e. The average Bonchev–Trinajstić information content (AvgIpc) is 2.62. The highest BCUT2D eigenvalue weighted by molar-refractivity contribution is 5.94. The van der Waals surface area contributed by atoms with Crippen LogP contribution in [0.1, 0.15) is 22.8 Å². The van der Waals surface area contributed by atoms with E-state index in [1.54, 1.807) is 38.2 Å². The number of benzene rings is 2. The molecule has 0 radical (unpaired) electrons. The number of amides is 2. The van der Waals surface area contributed by atoms with Gasteiger partial charge in [0.2, 0.25) is 0 Å². The van der Waals surface area contributed by atoms with Crippen molar-refractivity contribution >= 4 is 17.5 Å². The van der Waals surface area contributed by atoms with Gasteiger partial charge in [0.1, 0.15) is 12.4 Å². The fourth-order valence-electron chi connectivity index (χ4n) is 2.42. The number of carbonyl (C=O) groups excluding carboxylic acids is 2. The maximum atomic E-state index is 13.6. The summed E-state index contributed by atoms with van der Waals surface area (Å²) in [6.07, 6.45) is 0. The van der Waals surface area contributed by atoms with Crippen LogP contribution < -0.4 is 15.5 Å². The Morgan fingerprint density at radius 1 is 1.12 bits per heavy atom. The Bertz CT molecular complexity index is 747. The zero-order chi connectivity index (χ0) is 18.4. The van der Waals surface area contributed by atoms with Gasteiger partial charge < -0.3 is 15.5 Å². The molecule has 0 heterocycles. The summed E-state index contributed by atoms with van der Waals surface area (Å²) < 4.78 is 13.6. The van der Waals surface area contributed by atoms with Crippen molar-refractivity contribution in [1.82, 2.24) is 5.32 Å². The molecule has 132 valence electrons. The molecule has 2 aromatic carbocycles. The van der Waals surface area contributed by atoms with Crippen LogP contribution in [-0.2, 0) is 11.3 Å². The summed E-state index contributed by atoms with van der Waals surface area (Å²) >= 11 is 0. The lowest BCUT2D eigenvalue weighted by Gasteiger charge is -2.21. The third-order valence-electron chi connectivity index (χ3n) is 4.19. The largest absolute Gasteiger partial charge is 0.355 e. The first kappa shape index (κ1) is 18.6. The third kappa shape index (κ3) is 4.87. The van der Waals surface area contributed by atoms with Gasteiger partial charge in [0, 0.05) is 18.2 Å². The lowest BCUT2D eigenvalue weighted by atomic mass is 10.1. The molecule has 2 amide bonds. The molecule has 2 atom stereocenters. The second-order valence-electron chi connectivity index (χ2n) is 5.99. The standard InChI is InChI=1S/C19H22FN3O2/c1-13(18(24)22-17-7-5-4-6-16(17)20)23(3)12-14-8-10-15(11-9-14)19(25)21-2/h4-11,13H,12H2,1-3H3,(H,21,25)(H,22,24)/p+1/t13-/m1/s1. The van der Waals surface area contributed by atoms with E-state index in [9.17, 15) is 14.0 Å². The van der Waals surface area contributed by atoms with Crippen LogP contribution in [-0.4, -0.2) is 32.0 Å². The number of anilines is 1. The zero-order valence-electron chi connectivity index (χ0n) is 14.6. The molecule has 0 saturated heterocycles. The van der Waals surface area contributed by atoms with Crippen molar-refractivity contribution in [3.05, 3.63) is 65.5 Å². The van der Waals surface area contributed by atoms with E-state index < -0.39 is 5.82 Å². The number of halogens is 1. The van der Waals surface area contributed by atoms with Gasteiger partial charge in [-0.25, -0.2) is 4.39 Å². The van der Waals surface area contributed by atoms with Gasteiger partial charge in [-0.15, -0.1) is 0 Å². The number of likely N-dealkylation sites (N-methyl/N-ethyl adjacent to an activating group) is 1. The Hall–Kier alpha value is -2.73. The van der Waals surface area contributed by atoms with Gasteiger partial charge in [0.05, 0.1) is 12.7 Å². The van der Waals surface area contributed by atoms with Gasteiger partial charge in [0.25, 0.3) is 11.8 Å². The van der Waals surface area contributed by atoms with E-state index in [1.807, 2.05) is 19.2 Å². The molecule has 0 bridgehead atoms. The smallest absolute Gasteiger partial charge is 0.282 e. The van der Waals surface area contributed by atoms with E-state index in [1.165, 1.54) is 12.1 Å². The number of quaternary nitrogens is 1. The molecule has 0 aliphatic rings. The molecular formula is C19H23FN3O2+. The second-order valence-corrected chi connectivity index (χ2v) is 5.99. The summed E-state index contributed by atoms with van der Waals surface area (Å²) in [4.78, 5) is 24.8. The van der Waals surface area contributed by atoms with Crippen molar-refractivity contribution < 1.29 is 18.9 Å². The van der Waals surface area contributed by atoms with Gasteiger partial charge in [-0.3, -0.25) is 9.59 Å². The number of hydrogen-bond acceptors (Lipinski definition) is 2. The first-order chi connectivity index (χ1) is 11.9. The van der Waals surface area contributed by atoms with Crippen LogP contribution in [0.2, 0.25) is 0 Å². The van der Waals surface area contributed by atoms with E-state index in [-0.39, 0.29) is 23.5 Å². The van der Waals surface area contributed by atoms with Crippen molar-refractivity contribution in [2.24, 2.45) is 0 Å². The molecule has 0 saturated carbocycles. The molecule has 0 aliphatic carbocycles. The Morgan fingerprint density at radius 3 is 2.36 bits per heavy atom.